The van der Waals surface area contributed by atoms with Crippen molar-refractivity contribution in [2.24, 2.45) is 5.73 Å². The largest absolute Gasteiger partial charge is 0.508 e. The van der Waals surface area contributed by atoms with Gasteiger partial charge in [0.15, 0.2) is 0 Å². The fourth-order valence-corrected chi connectivity index (χ4v) is 2.76. The molecule has 6 heteroatoms. The summed E-state index contributed by atoms with van der Waals surface area (Å²) in [6.45, 7) is 0.353. The third-order valence-electron chi connectivity index (χ3n) is 3.94. The van der Waals surface area contributed by atoms with Gasteiger partial charge in [-0.05, 0) is 29.8 Å². The number of hydrogen-bond acceptors (Lipinski definition) is 4. The van der Waals surface area contributed by atoms with E-state index in [4.69, 9.17) is 10.5 Å². The van der Waals surface area contributed by atoms with E-state index in [1.54, 1.807) is 30.3 Å². The zero-order valence-electron chi connectivity index (χ0n) is 12.5. The molecule has 0 aliphatic carbocycles. The lowest BCUT2D eigenvalue weighted by Crippen LogP contribution is -2.20. The molecule has 1 aliphatic rings. The summed E-state index contributed by atoms with van der Waals surface area (Å²) in [5.74, 6) is -0.435. The van der Waals surface area contributed by atoms with Crippen LogP contribution in [-0.2, 0) is 0 Å². The Morgan fingerprint density at radius 2 is 1.96 bits per heavy atom. The molecule has 0 aromatic heterocycles. The first-order valence-corrected chi connectivity index (χ1v) is 7.12. The molecule has 0 fully saturated rings. The number of fused-ring (bicyclic) bond motifs is 1. The molecule has 118 valence electrons. The molecular formula is C17H16N2O4. The number of phenols is 1. The van der Waals surface area contributed by atoms with E-state index in [2.05, 4.69) is 5.32 Å². The minimum atomic E-state index is -0.602. The summed E-state index contributed by atoms with van der Waals surface area (Å²) in [5, 5.41) is 12.0. The van der Waals surface area contributed by atoms with Crippen molar-refractivity contribution < 1.29 is 19.4 Å². The van der Waals surface area contributed by atoms with Gasteiger partial charge in [0, 0.05) is 24.1 Å². The summed E-state index contributed by atoms with van der Waals surface area (Å²) in [6, 6.07) is 9.85. The fourth-order valence-electron chi connectivity index (χ4n) is 2.76. The Morgan fingerprint density at radius 3 is 2.57 bits per heavy atom. The van der Waals surface area contributed by atoms with Crippen LogP contribution in [0.4, 0.5) is 0 Å². The Balaban J connectivity index is 2.14. The number of primary amides is 1. The number of nitrogens with one attached hydrogen (secondary N) is 1. The number of hydrogen-bond donors (Lipinski definition) is 3. The number of carbonyl (C=O) groups is 2. The lowest BCUT2D eigenvalue weighted by molar-refractivity contribution is 0.0960. The second-order valence-electron chi connectivity index (χ2n) is 5.34. The Hall–Kier alpha value is -3.02. The van der Waals surface area contributed by atoms with E-state index in [0.29, 0.717) is 17.9 Å². The molecule has 1 atom stereocenters. The molecule has 0 saturated heterocycles. The summed E-state index contributed by atoms with van der Waals surface area (Å²) >= 11 is 0. The monoisotopic (exact) mass is 312 g/mol. The van der Waals surface area contributed by atoms with Gasteiger partial charge in [0.2, 0.25) is 5.91 Å². The summed E-state index contributed by atoms with van der Waals surface area (Å²) < 4.78 is 5.71. The van der Waals surface area contributed by atoms with Gasteiger partial charge in [-0.1, -0.05) is 12.1 Å². The number of rotatable bonds is 3. The quantitative estimate of drug-likeness (QED) is 0.796. The zero-order chi connectivity index (χ0) is 16.6. The Labute approximate surface area is 132 Å². The number of benzene rings is 2. The molecule has 0 bridgehead atoms. The van der Waals surface area contributed by atoms with Gasteiger partial charge < -0.3 is 20.9 Å². The third kappa shape index (κ3) is 2.59. The Morgan fingerprint density at radius 1 is 1.26 bits per heavy atom. The van der Waals surface area contributed by atoms with Gasteiger partial charge in [-0.3, -0.25) is 9.59 Å². The number of ether oxygens (including phenoxy) is 1. The van der Waals surface area contributed by atoms with E-state index in [0.717, 1.165) is 11.1 Å². The van der Waals surface area contributed by atoms with E-state index in [1.165, 1.54) is 13.1 Å². The summed E-state index contributed by atoms with van der Waals surface area (Å²) in [4.78, 5) is 23.6. The summed E-state index contributed by atoms with van der Waals surface area (Å²) in [6.07, 6.45) is 0. The van der Waals surface area contributed by atoms with E-state index < -0.39 is 5.91 Å². The Bertz CT molecular complexity index is 784. The van der Waals surface area contributed by atoms with Crippen molar-refractivity contribution in [1.82, 2.24) is 5.32 Å². The van der Waals surface area contributed by atoms with Crippen LogP contribution in [0.1, 0.15) is 37.8 Å². The number of aromatic hydroxyl groups is 1. The van der Waals surface area contributed by atoms with Crippen molar-refractivity contribution in [3.63, 3.8) is 0 Å². The van der Waals surface area contributed by atoms with Crippen LogP contribution in [0.5, 0.6) is 11.5 Å². The predicted molar refractivity (Wildman–Crippen MR) is 83.8 cm³/mol. The van der Waals surface area contributed by atoms with E-state index in [9.17, 15) is 14.7 Å². The van der Waals surface area contributed by atoms with Crippen molar-refractivity contribution in [2.75, 3.05) is 13.7 Å². The molecule has 3 rings (SSSR count). The van der Waals surface area contributed by atoms with Gasteiger partial charge in [0.25, 0.3) is 5.91 Å². The van der Waals surface area contributed by atoms with E-state index in [1.807, 2.05) is 0 Å². The topological polar surface area (TPSA) is 102 Å². The van der Waals surface area contributed by atoms with Crippen LogP contribution in [0.15, 0.2) is 36.4 Å². The molecule has 0 spiro atoms. The van der Waals surface area contributed by atoms with Crippen LogP contribution in [0.3, 0.4) is 0 Å². The maximum Gasteiger partial charge on any atom is 0.254 e. The molecular weight excluding hydrogens is 296 g/mol. The van der Waals surface area contributed by atoms with E-state index in [-0.39, 0.29) is 23.1 Å². The van der Waals surface area contributed by atoms with Gasteiger partial charge in [-0.25, -0.2) is 0 Å². The SMILES string of the molecule is CNC(=O)c1cc(C(N)=O)cc2c1OCC2c1ccc(O)cc1. The molecule has 2 aromatic rings. The first kappa shape index (κ1) is 14.9. The highest BCUT2D eigenvalue weighted by Gasteiger charge is 2.31. The second kappa shape index (κ2) is 5.64. The van der Waals surface area contributed by atoms with Gasteiger partial charge in [0.05, 0.1) is 12.2 Å². The van der Waals surface area contributed by atoms with Crippen LogP contribution in [0.2, 0.25) is 0 Å². The molecule has 4 N–H and O–H groups in total. The van der Waals surface area contributed by atoms with Gasteiger partial charge in [0.1, 0.15) is 11.5 Å². The molecule has 0 radical (unpaired) electrons. The molecule has 0 saturated carbocycles. The van der Waals surface area contributed by atoms with Crippen LogP contribution < -0.4 is 15.8 Å². The first-order valence-electron chi connectivity index (χ1n) is 7.12. The maximum atomic E-state index is 12.1. The summed E-state index contributed by atoms with van der Waals surface area (Å²) in [7, 11) is 1.51. The van der Waals surface area contributed by atoms with Crippen molar-refractivity contribution in [3.05, 3.63) is 58.7 Å². The molecule has 1 heterocycles. The van der Waals surface area contributed by atoms with Crippen molar-refractivity contribution in [3.8, 4) is 11.5 Å². The highest BCUT2D eigenvalue weighted by molar-refractivity contribution is 6.02. The van der Waals surface area contributed by atoms with Gasteiger partial charge in [-0.15, -0.1) is 0 Å². The molecule has 1 aliphatic heterocycles. The zero-order valence-corrected chi connectivity index (χ0v) is 12.5. The lowest BCUT2D eigenvalue weighted by Gasteiger charge is -2.12. The highest BCUT2D eigenvalue weighted by Crippen LogP contribution is 2.41. The van der Waals surface area contributed by atoms with Crippen LogP contribution in [0.25, 0.3) is 0 Å². The van der Waals surface area contributed by atoms with Crippen molar-refractivity contribution in [1.29, 1.82) is 0 Å². The molecule has 23 heavy (non-hydrogen) atoms. The lowest BCUT2D eigenvalue weighted by atomic mass is 9.90. The van der Waals surface area contributed by atoms with Crippen LogP contribution in [-0.4, -0.2) is 30.6 Å². The molecule has 2 amide bonds. The standard InChI is InChI=1S/C17H16N2O4/c1-19-17(22)13-7-10(16(18)21)6-12-14(8-23-15(12)13)9-2-4-11(20)5-3-9/h2-7,14,20H,8H2,1H3,(H2,18,21)(H,19,22). The number of phenolic OH excluding ortho intramolecular Hbond substituents is 1. The smallest absolute Gasteiger partial charge is 0.254 e. The number of carbonyl (C=O) groups excluding carboxylic acids is 2. The van der Waals surface area contributed by atoms with Gasteiger partial charge >= 0.3 is 0 Å². The minimum absolute atomic E-state index is 0.131. The van der Waals surface area contributed by atoms with Crippen LogP contribution in [0, 0.1) is 0 Å². The fraction of sp³-hybridized carbons (Fsp3) is 0.176. The molecule has 6 nitrogen and oxygen atoms in total. The normalized spacial score (nSPS) is 15.6. The Kier molecular flexibility index (Phi) is 3.65. The number of nitrogens with two attached hydrogens (primary N) is 1. The maximum absolute atomic E-state index is 12.1. The predicted octanol–water partition coefficient (Wildman–Crippen LogP) is 1.38. The van der Waals surface area contributed by atoms with Gasteiger partial charge in [-0.2, -0.15) is 0 Å². The molecule has 1 unspecified atom stereocenters. The van der Waals surface area contributed by atoms with E-state index >= 15 is 0 Å². The van der Waals surface area contributed by atoms with Crippen molar-refractivity contribution in [2.45, 2.75) is 5.92 Å². The minimum Gasteiger partial charge on any atom is -0.508 e. The molecule has 2 aromatic carbocycles. The summed E-state index contributed by atoms with van der Waals surface area (Å²) in [5.41, 5.74) is 7.59. The average molecular weight is 312 g/mol. The highest BCUT2D eigenvalue weighted by atomic mass is 16.5. The number of amides is 2. The third-order valence-corrected chi connectivity index (χ3v) is 3.94. The average Bonchev–Trinajstić information content (AvgIpc) is 2.97. The second-order valence-corrected chi connectivity index (χ2v) is 5.34. The van der Waals surface area contributed by atoms with Crippen molar-refractivity contribution >= 4 is 11.8 Å². The first-order chi connectivity index (χ1) is 11.0. The van der Waals surface area contributed by atoms with Crippen LogP contribution >= 0.6 is 0 Å².